The maximum Gasteiger partial charge on any atom is 0.279 e. The molecule has 0 aromatic heterocycles. The molecule has 1 aliphatic heterocycles. The van der Waals surface area contributed by atoms with Crippen LogP contribution >= 0.6 is 11.6 Å². The maximum atomic E-state index is 12.4. The lowest BCUT2D eigenvalue weighted by Crippen LogP contribution is -2.47. The Kier molecular flexibility index (Phi) is 6.14. The summed E-state index contributed by atoms with van der Waals surface area (Å²) in [6.45, 7) is 3.97. The van der Waals surface area contributed by atoms with Crippen LogP contribution in [0.3, 0.4) is 0 Å². The first-order valence-corrected chi connectivity index (χ1v) is 9.81. The summed E-state index contributed by atoms with van der Waals surface area (Å²) in [4.78, 5) is 0. The fraction of sp³-hybridized carbons (Fsp3) is 1.00. The molecule has 0 spiro atoms. The number of halogens is 1. The number of hydrogen-bond donors (Lipinski definition) is 1. The summed E-state index contributed by atoms with van der Waals surface area (Å²) < 4.78 is 29.1. The van der Waals surface area contributed by atoms with E-state index in [1.54, 1.807) is 4.31 Å². The van der Waals surface area contributed by atoms with Crippen molar-refractivity contribution >= 4 is 21.8 Å². The van der Waals surface area contributed by atoms with E-state index in [0.717, 1.165) is 25.7 Å². The zero-order chi connectivity index (χ0) is 14.6. The average molecular weight is 323 g/mol. The largest absolute Gasteiger partial charge is 0.279 e. The molecule has 118 valence electrons. The van der Waals surface area contributed by atoms with Gasteiger partial charge in [0.15, 0.2) is 0 Å². The Hall–Kier alpha value is 0.160. The van der Waals surface area contributed by atoms with Crippen molar-refractivity contribution in [1.82, 2.24) is 9.03 Å². The standard InChI is InChI=1S/C14H27ClN2O2S/c1-12-5-4-8-17(11-12)20(18,19)16-10-14-7-3-2-6-13(14)9-15/h12-14,16H,2-11H2,1H3. The zero-order valence-electron chi connectivity index (χ0n) is 12.4. The molecule has 1 saturated carbocycles. The van der Waals surface area contributed by atoms with Gasteiger partial charge in [0.2, 0.25) is 0 Å². The van der Waals surface area contributed by atoms with Gasteiger partial charge in [-0.25, -0.2) is 4.72 Å². The first kappa shape index (κ1) is 16.5. The lowest BCUT2D eigenvalue weighted by atomic mass is 9.80. The monoisotopic (exact) mass is 322 g/mol. The molecule has 2 aliphatic rings. The van der Waals surface area contributed by atoms with Crippen LogP contribution in [-0.4, -0.2) is 38.2 Å². The Morgan fingerprint density at radius 2 is 1.85 bits per heavy atom. The van der Waals surface area contributed by atoms with Crippen molar-refractivity contribution in [2.75, 3.05) is 25.5 Å². The van der Waals surface area contributed by atoms with Gasteiger partial charge in [-0.05, 0) is 43.4 Å². The molecule has 3 unspecified atom stereocenters. The van der Waals surface area contributed by atoms with Crippen molar-refractivity contribution in [1.29, 1.82) is 0 Å². The minimum Gasteiger partial charge on any atom is -0.202 e. The van der Waals surface area contributed by atoms with Gasteiger partial charge in [-0.1, -0.05) is 19.8 Å². The third kappa shape index (κ3) is 4.33. The van der Waals surface area contributed by atoms with Crippen molar-refractivity contribution in [3.05, 3.63) is 0 Å². The molecule has 20 heavy (non-hydrogen) atoms. The number of hydrogen-bond acceptors (Lipinski definition) is 2. The maximum absolute atomic E-state index is 12.4. The molecule has 0 aromatic rings. The second-order valence-electron chi connectivity index (χ2n) is 6.42. The van der Waals surface area contributed by atoms with Crippen LogP contribution in [0.2, 0.25) is 0 Å². The highest BCUT2D eigenvalue weighted by Gasteiger charge is 2.30. The molecule has 0 amide bonds. The summed E-state index contributed by atoms with van der Waals surface area (Å²) in [5.41, 5.74) is 0. The molecule has 4 nitrogen and oxygen atoms in total. The highest BCUT2D eigenvalue weighted by Crippen LogP contribution is 2.30. The zero-order valence-corrected chi connectivity index (χ0v) is 13.9. The summed E-state index contributed by atoms with van der Waals surface area (Å²) in [5.74, 6) is 1.98. The molecule has 0 bridgehead atoms. The normalized spacial score (nSPS) is 33.2. The van der Waals surface area contributed by atoms with Gasteiger partial charge in [-0.2, -0.15) is 12.7 Å². The Balaban J connectivity index is 1.88. The van der Waals surface area contributed by atoms with Gasteiger partial charge >= 0.3 is 0 Å². The van der Waals surface area contributed by atoms with Crippen LogP contribution < -0.4 is 4.72 Å². The van der Waals surface area contributed by atoms with E-state index in [-0.39, 0.29) is 0 Å². The molecule has 1 aliphatic carbocycles. The van der Waals surface area contributed by atoms with Crippen molar-refractivity contribution in [3.63, 3.8) is 0 Å². The molecule has 0 aromatic carbocycles. The van der Waals surface area contributed by atoms with Gasteiger partial charge in [0.1, 0.15) is 0 Å². The molecule has 1 saturated heterocycles. The van der Waals surface area contributed by atoms with E-state index >= 15 is 0 Å². The summed E-state index contributed by atoms with van der Waals surface area (Å²) in [5, 5.41) is 0. The van der Waals surface area contributed by atoms with Gasteiger partial charge in [-0.3, -0.25) is 0 Å². The van der Waals surface area contributed by atoms with E-state index in [2.05, 4.69) is 11.6 Å². The molecule has 1 heterocycles. The van der Waals surface area contributed by atoms with Gasteiger partial charge in [0.25, 0.3) is 10.2 Å². The van der Waals surface area contributed by atoms with Crippen molar-refractivity contribution in [2.45, 2.75) is 45.4 Å². The van der Waals surface area contributed by atoms with E-state index in [4.69, 9.17) is 11.6 Å². The van der Waals surface area contributed by atoms with E-state index in [1.165, 1.54) is 12.8 Å². The molecule has 2 rings (SSSR count). The van der Waals surface area contributed by atoms with Crippen LogP contribution in [0.15, 0.2) is 0 Å². The molecule has 6 heteroatoms. The summed E-state index contributed by atoms with van der Waals surface area (Å²) in [6, 6.07) is 0. The van der Waals surface area contributed by atoms with E-state index < -0.39 is 10.2 Å². The van der Waals surface area contributed by atoms with E-state index in [1.807, 2.05) is 0 Å². The number of nitrogens with zero attached hydrogens (tertiary/aromatic N) is 1. The predicted octanol–water partition coefficient (Wildman–Crippen LogP) is 2.60. The first-order chi connectivity index (χ1) is 9.53. The Morgan fingerprint density at radius 3 is 2.50 bits per heavy atom. The van der Waals surface area contributed by atoms with Crippen LogP contribution in [-0.2, 0) is 10.2 Å². The minimum absolute atomic E-state index is 0.401. The van der Waals surface area contributed by atoms with Crippen LogP contribution in [0, 0.1) is 17.8 Å². The summed E-state index contributed by atoms with van der Waals surface area (Å²) in [6.07, 6.45) is 6.75. The van der Waals surface area contributed by atoms with Crippen LogP contribution in [0.1, 0.15) is 45.4 Å². The quantitative estimate of drug-likeness (QED) is 0.791. The lowest BCUT2D eigenvalue weighted by molar-refractivity contribution is 0.252. The fourth-order valence-corrected chi connectivity index (χ4v) is 5.26. The van der Waals surface area contributed by atoms with Crippen molar-refractivity contribution in [2.24, 2.45) is 17.8 Å². The Morgan fingerprint density at radius 1 is 1.15 bits per heavy atom. The fourth-order valence-electron chi connectivity index (χ4n) is 3.42. The van der Waals surface area contributed by atoms with Crippen LogP contribution in [0.25, 0.3) is 0 Å². The third-order valence-electron chi connectivity index (χ3n) is 4.75. The number of piperidine rings is 1. The van der Waals surface area contributed by atoms with Gasteiger partial charge < -0.3 is 0 Å². The topological polar surface area (TPSA) is 49.4 Å². The highest BCUT2D eigenvalue weighted by molar-refractivity contribution is 7.87. The van der Waals surface area contributed by atoms with Gasteiger partial charge in [0, 0.05) is 25.5 Å². The molecular formula is C14H27ClN2O2S. The SMILES string of the molecule is CC1CCCN(S(=O)(=O)NCC2CCCCC2CCl)C1. The number of nitrogens with one attached hydrogen (secondary N) is 1. The lowest BCUT2D eigenvalue weighted by Gasteiger charge is -2.33. The highest BCUT2D eigenvalue weighted by atomic mass is 35.5. The van der Waals surface area contributed by atoms with Crippen LogP contribution in [0.4, 0.5) is 0 Å². The molecule has 0 radical (unpaired) electrons. The van der Waals surface area contributed by atoms with E-state index in [0.29, 0.717) is 43.3 Å². The van der Waals surface area contributed by atoms with E-state index in [9.17, 15) is 8.42 Å². The average Bonchev–Trinajstić information content (AvgIpc) is 2.45. The first-order valence-electron chi connectivity index (χ1n) is 7.83. The minimum atomic E-state index is -3.31. The Bertz CT molecular complexity index is 402. The smallest absolute Gasteiger partial charge is 0.202 e. The van der Waals surface area contributed by atoms with Crippen molar-refractivity contribution in [3.8, 4) is 0 Å². The van der Waals surface area contributed by atoms with Crippen molar-refractivity contribution < 1.29 is 8.42 Å². The summed E-state index contributed by atoms with van der Waals surface area (Å²) >= 11 is 6.01. The van der Waals surface area contributed by atoms with Gasteiger partial charge in [-0.15, -0.1) is 11.6 Å². The second-order valence-corrected chi connectivity index (χ2v) is 8.48. The molecular weight excluding hydrogens is 296 g/mol. The van der Waals surface area contributed by atoms with Gasteiger partial charge in [0.05, 0.1) is 0 Å². The molecule has 1 N–H and O–H groups in total. The number of rotatable bonds is 5. The molecule has 2 fully saturated rings. The Labute approximate surface area is 128 Å². The third-order valence-corrected chi connectivity index (χ3v) is 6.69. The molecule has 3 atom stereocenters. The predicted molar refractivity (Wildman–Crippen MR) is 83.1 cm³/mol. The second kappa shape index (κ2) is 7.43. The summed E-state index contributed by atoms with van der Waals surface area (Å²) in [7, 11) is -3.31. The van der Waals surface area contributed by atoms with Crippen LogP contribution in [0.5, 0.6) is 0 Å². The number of alkyl halides is 1.